The number of rotatable bonds is 9. The summed E-state index contributed by atoms with van der Waals surface area (Å²) in [6, 6.07) is 6.22. The van der Waals surface area contributed by atoms with E-state index in [0.29, 0.717) is 18.8 Å². The van der Waals surface area contributed by atoms with Gasteiger partial charge in [0, 0.05) is 5.56 Å². The number of hydrogen-bond acceptors (Lipinski definition) is 5. The van der Waals surface area contributed by atoms with Crippen molar-refractivity contribution in [1.29, 1.82) is 0 Å². The molecule has 0 bridgehead atoms. The second-order valence-electron chi connectivity index (χ2n) is 4.74. The molecule has 2 N–H and O–H groups in total. The maximum absolute atomic E-state index is 12.1. The average Bonchev–Trinajstić information content (AvgIpc) is 2.42. The lowest BCUT2D eigenvalue weighted by Crippen LogP contribution is -2.16. The van der Waals surface area contributed by atoms with Gasteiger partial charge in [0.25, 0.3) is 0 Å². The van der Waals surface area contributed by atoms with Crippen molar-refractivity contribution in [1.82, 2.24) is 0 Å². The van der Waals surface area contributed by atoms with Gasteiger partial charge in [-0.25, -0.2) is 8.42 Å². The van der Waals surface area contributed by atoms with E-state index in [2.05, 4.69) is 0 Å². The maximum atomic E-state index is 12.1. The zero-order valence-corrected chi connectivity index (χ0v) is 13.9. The first kappa shape index (κ1) is 18.0. The van der Waals surface area contributed by atoms with E-state index in [4.69, 9.17) is 27.4 Å². The van der Waals surface area contributed by atoms with Crippen LogP contribution in [-0.2, 0) is 19.3 Å². The van der Waals surface area contributed by atoms with Gasteiger partial charge in [-0.05, 0) is 26.0 Å². The third-order valence-electron chi connectivity index (χ3n) is 2.67. The highest BCUT2D eigenvalue weighted by atomic mass is 32.2. The molecule has 0 amide bonds. The van der Waals surface area contributed by atoms with Crippen molar-refractivity contribution >= 4 is 27.0 Å². The molecule has 0 aliphatic carbocycles. The SMILES string of the molecule is CC(C)OCCOCCS(=O)(=O)c1ccc(C(N)=S)cc1. The van der Waals surface area contributed by atoms with Crippen molar-refractivity contribution in [2.24, 2.45) is 5.73 Å². The highest BCUT2D eigenvalue weighted by Crippen LogP contribution is 2.12. The highest BCUT2D eigenvalue weighted by molar-refractivity contribution is 7.91. The summed E-state index contributed by atoms with van der Waals surface area (Å²) in [6.45, 7) is 4.84. The molecule has 0 aliphatic rings. The Hall–Kier alpha value is -1.02. The summed E-state index contributed by atoms with van der Waals surface area (Å²) in [5.41, 5.74) is 6.12. The Kier molecular flexibility index (Phi) is 7.24. The smallest absolute Gasteiger partial charge is 0.180 e. The van der Waals surface area contributed by atoms with Gasteiger partial charge in [-0.15, -0.1) is 0 Å². The summed E-state index contributed by atoms with van der Waals surface area (Å²) in [7, 11) is -3.36. The third-order valence-corrected chi connectivity index (χ3v) is 4.60. The molecular formula is C14H21NO4S2. The molecule has 1 aromatic rings. The number of nitrogens with two attached hydrogens (primary N) is 1. The molecule has 5 nitrogen and oxygen atoms in total. The molecule has 0 aromatic heterocycles. The standard InChI is InChI=1S/C14H21NO4S2/c1-11(2)19-8-7-18-9-10-21(16,17)13-5-3-12(4-6-13)14(15)20/h3-6,11H,7-10H2,1-2H3,(H2,15,20). The zero-order chi connectivity index (χ0) is 15.9. The highest BCUT2D eigenvalue weighted by Gasteiger charge is 2.14. The van der Waals surface area contributed by atoms with E-state index in [-0.39, 0.29) is 28.3 Å². The Morgan fingerprint density at radius 2 is 1.81 bits per heavy atom. The number of sulfone groups is 1. The van der Waals surface area contributed by atoms with Crippen LogP contribution in [0.15, 0.2) is 29.2 Å². The van der Waals surface area contributed by atoms with Crippen molar-refractivity contribution in [3.63, 3.8) is 0 Å². The van der Waals surface area contributed by atoms with E-state index in [0.717, 1.165) is 0 Å². The van der Waals surface area contributed by atoms with Crippen molar-refractivity contribution < 1.29 is 17.9 Å². The normalized spacial score (nSPS) is 11.8. The number of thiocarbonyl (C=S) groups is 1. The summed E-state index contributed by atoms with van der Waals surface area (Å²) in [4.78, 5) is 0.483. The summed E-state index contributed by atoms with van der Waals surface area (Å²) < 4.78 is 34.7. The molecule has 0 spiro atoms. The Bertz CT molecular complexity index is 553. The average molecular weight is 331 g/mol. The van der Waals surface area contributed by atoms with Crippen LogP contribution in [0, 0.1) is 0 Å². The van der Waals surface area contributed by atoms with Gasteiger partial charge in [0.2, 0.25) is 0 Å². The van der Waals surface area contributed by atoms with E-state index in [1.807, 2.05) is 13.8 Å². The molecule has 7 heteroatoms. The molecular weight excluding hydrogens is 310 g/mol. The summed E-state index contributed by atoms with van der Waals surface area (Å²) >= 11 is 4.82. The fraction of sp³-hybridized carbons (Fsp3) is 0.500. The number of benzene rings is 1. The predicted molar refractivity (Wildman–Crippen MR) is 86.3 cm³/mol. The first-order valence-corrected chi connectivity index (χ1v) is 8.71. The van der Waals surface area contributed by atoms with E-state index in [1.165, 1.54) is 12.1 Å². The molecule has 0 saturated heterocycles. The molecule has 1 aromatic carbocycles. The van der Waals surface area contributed by atoms with Gasteiger partial charge in [0.05, 0.1) is 36.6 Å². The first-order valence-electron chi connectivity index (χ1n) is 6.65. The van der Waals surface area contributed by atoms with Gasteiger partial charge in [-0.1, -0.05) is 24.4 Å². The Labute approximate surface area is 131 Å². The Morgan fingerprint density at radius 3 is 2.33 bits per heavy atom. The van der Waals surface area contributed by atoms with Crippen LogP contribution >= 0.6 is 12.2 Å². The Balaban J connectivity index is 2.44. The largest absolute Gasteiger partial charge is 0.389 e. The second-order valence-corrected chi connectivity index (χ2v) is 7.29. The van der Waals surface area contributed by atoms with E-state index in [9.17, 15) is 8.42 Å². The van der Waals surface area contributed by atoms with Crippen LogP contribution < -0.4 is 5.73 Å². The van der Waals surface area contributed by atoms with E-state index < -0.39 is 9.84 Å². The van der Waals surface area contributed by atoms with Crippen LogP contribution in [0.5, 0.6) is 0 Å². The molecule has 0 unspecified atom stereocenters. The van der Waals surface area contributed by atoms with Gasteiger partial charge < -0.3 is 15.2 Å². The monoisotopic (exact) mass is 331 g/mol. The quantitative estimate of drug-likeness (QED) is 0.546. The molecule has 21 heavy (non-hydrogen) atoms. The molecule has 0 radical (unpaired) electrons. The van der Waals surface area contributed by atoms with E-state index >= 15 is 0 Å². The third kappa shape index (κ3) is 6.52. The van der Waals surface area contributed by atoms with Crippen molar-refractivity contribution in [2.75, 3.05) is 25.6 Å². The molecule has 0 saturated carbocycles. The van der Waals surface area contributed by atoms with Gasteiger partial charge in [-0.2, -0.15) is 0 Å². The van der Waals surface area contributed by atoms with Gasteiger partial charge >= 0.3 is 0 Å². The van der Waals surface area contributed by atoms with Crippen LogP contribution in [0.1, 0.15) is 19.4 Å². The molecule has 0 heterocycles. The molecule has 0 atom stereocenters. The maximum Gasteiger partial charge on any atom is 0.180 e. The van der Waals surface area contributed by atoms with Crippen LogP contribution in [0.25, 0.3) is 0 Å². The van der Waals surface area contributed by atoms with Crippen molar-refractivity contribution in [3.05, 3.63) is 29.8 Å². The lowest BCUT2D eigenvalue weighted by atomic mass is 10.2. The van der Waals surface area contributed by atoms with Gasteiger partial charge in [-0.3, -0.25) is 0 Å². The van der Waals surface area contributed by atoms with Crippen LogP contribution in [0.4, 0.5) is 0 Å². The summed E-state index contributed by atoms with van der Waals surface area (Å²) in [5, 5.41) is 0. The molecule has 0 fully saturated rings. The fourth-order valence-corrected chi connectivity index (χ4v) is 2.82. The second kappa shape index (κ2) is 8.43. The molecule has 118 valence electrons. The Morgan fingerprint density at radius 1 is 1.19 bits per heavy atom. The zero-order valence-electron chi connectivity index (χ0n) is 12.2. The van der Waals surface area contributed by atoms with Gasteiger partial charge in [0.1, 0.15) is 4.99 Å². The van der Waals surface area contributed by atoms with Crippen LogP contribution in [0.3, 0.4) is 0 Å². The van der Waals surface area contributed by atoms with Gasteiger partial charge in [0.15, 0.2) is 9.84 Å². The minimum Gasteiger partial charge on any atom is -0.389 e. The fourth-order valence-electron chi connectivity index (χ4n) is 1.56. The number of hydrogen-bond donors (Lipinski definition) is 1. The van der Waals surface area contributed by atoms with Crippen LogP contribution in [-0.4, -0.2) is 45.1 Å². The van der Waals surface area contributed by atoms with E-state index in [1.54, 1.807) is 12.1 Å². The predicted octanol–water partition coefficient (Wildman–Crippen LogP) is 1.54. The molecule has 0 aliphatic heterocycles. The topological polar surface area (TPSA) is 78.6 Å². The summed E-state index contributed by atoms with van der Waals surface area (Å²) in [6.07, 6.45) is 0.143. The first-order chi connectivity index (χ1) is 9.83. The van der Waals surface area contributed by atoms with Crippen LogP contribution in [0.2, 0.25) is 0 Å². The van der Waals surface area contributed by atoms with Crippen molar-refractivity contribution in [3.8, 4) is 0 Å². The lowest BCUT2D eigenvalue weighted by Gasteiger charge is -2.09. The summed E-state index contributed by atoms with van der Waals surface area (Å²) in [5.74, 6) is -0.0684. The lowest BCUT2D eigenvalue weighted by molar-refractivity contribution is 0.0235. The minimum atomic E-state index is -3.36. The minimum absolute atomic E-state index is 0.0684. The molecule has 1 rings (SSSR count). The van der Waals surface area contributed by atoms with Crippen molar-refractivity contribution in [2.45, 2.75) is 24.8 Å². The number of ether oxygens (including phenoxy) is 2.